The Balaban J connectivity index is 1.77. The average molecular weight is 385 g/mol. The molecule has 0 unspecified atom stereocenters. The highest BCUT2D eigenvalue weighted by Crippen LogP contribution is 2.38. The number of aromatic nitrogens is 1. The molecule has 0 spiro atoms. The van der Waals surface area contributed by atoms with Gasteiger partial charge in [-0.3, -0.25) is 0 Å². The van der Waals surface area contributed by atoms with Crippen molar-refractivity contribution in [2.24, 2.45) is 0 Å². The molecule has 0 radical (unpaired) electrons. The van der Waals surface area contributed by atoms with Gasteiger partial charge in [-0.15, -0.1) is 0 Å². The fraction of sp³-hybridized carbons (Fsp3) is 0.412. The summed E-state index contributed by atoms with van der Waals surface area (Å²) in [4.78, 5) is 19.0. The van der Waals surface area contributed by atoms with Crippen LogP contribution in [-0.2, 0) is 10.9 Å². The van der Waals surface area contributed by atoms with Crippen LogP contribution in [0.25, 0.3) is 0 Å². The number of thiazole rings is 1. The van der Waals surface area contributed by atoms with Crippen molar-refractivity contribution in [1.82, 2.24) is 4.98 Å². The summed E-state index contributed by atoms with van der Waals surface area (Å²) in [6, 6.07) is 9.83. The number of anilines is 2. The molecule has 0 saturated carbocycles. The van der Waals surface area contributed by atoms with Crippen LogP contribution in [0.15, 0.2) is 30.3 Å². The molecule has 1 aliphatic rings. The van der Waals surface area contributed by atoms with Crippen LogP contribution in [0.2, 0.25) is 0 Å². The van der Waals surface area contributed by atoms with Crippen LogP contribution in [0.1, 0.15) is 22.3 Å². The third-order valence-corrected chi connectivity index (χ3v) is 5.11. The van der Waals surface area contributed by atoms with Crippen molar-refractivity contribution in [1.29, 1.82) is 0 Å². The molecule has 1 aromatic carbocycles. The largest absolute Gasteiger partial charge is 0.462 e. The van der Waals surface area contributed by atoms with Crippen molar-refractivity contribution in [2.75, 3.05) is 42.6 Å². The lowest BCUT2D eigenvalue weighted by Crippen LogP contribution is -2.46. The van der Waals surface area contributed by atoms with Crippen LogP contribution >= 0.6 is 11.3 Å². The molecule has 5 nitrogen and oxygen atoms in total. The third-order valence-electron chi connectivity index (χ3n) is 4.02. The smallest absolute Gasteiger partial charge is 0.435 e. The van der Waals surface area contributed by atoms with E-state index in [1.54, 1.807) is 11.8 Å². The number of rotatable bonds is 4. The van der Waals surface area contributed by atoms with E-state index in [4.69, 9.17) is 4.74 Å². The summed E-state index contributed by atoms with van der Waals surface area (Å²) in [5.74, 6) is -0.980. The van der Waals surface area contributed by atoms with Gasteiger partial charge in [-0.25, -0.2) is 9.78 Å². The Morgan fingerprint density at radius 3 is 2.35 bits per heavy atom. The van der Waals surface area contributed by atoms with Crippen LogP contribution in [-0.4, -0.2) is 43.7 Å². The molecule has 3 rings (SSSR count). The van der Waals surface area contributed by atoms with Gasteiger partial charge in [0, 0.05) is 31.9 Å². The van der Waals surface area contributed by atoms with E-state index in [1.807, 2.05) is 30.3 Å². The minimum atomic E-state index is -4.69. The Morgan fingerprint density at radius 1 is 1.15 bits per heavy atom. The third kappa shape index (κ3) is 3.92. The molecule has 9 heteroatoms. The molecule has 26 heavy (non-hydrogen) atoms. The molecule has 0 amide bonds. The van der Waals surface area contributed by atoms with Gasteiger partial charge in [0.1, 0.15) is 4.88 Å². The Bertz CT molecular complexity index is 756. The van der Waals surface area contributed by atoms with Crippen molar-refractivity contribution in [3.63, 3.8) is 0 Å². The summed E-state index contributed by atoms with van der Waals surface area (Å²) >= 11 is 0.740. The number of hydrogen-bond donors (Lipinski definition) is 0. The van der Waals surface area contributed by atoms with E-state index in [0.29, 0.717) is 26.2 Å². The lowest BCUT2D eigenvalue weighted by Gasteiger charge is -2.36. The number of halogens is 3. The number of ether oxygens (including phenoxy) is 1. The molecule has 1 saturated heterocycles. The van der Waals surface area contributed by atoms with Gasteiger partial charge in [-0.1, -0.05) is 29.5 Å². The summed E-state index contributed by atoms with van der Waals surface area (Å²) in [6.45, 7) is 3.96. The van der Waals surface area contributed by atoms with Crippen LogP contribution in [0.3, 0.4) is 0 Å². The number of carbonyl (C=O) groups excluding carboxylic acids is 1. The number of alkyl halides is 3. The monoisotopic (exact) mass is 385 g/mol. The van der Waals surface area contributed by atoms with Crippen molar-refractivity contribution < 1.29 is 22.7 Å². The number of carbonyl (C=O) groups is 1. The second-order valence-corrected chi connectivity index (χ2v) is 6.68. The Kier molecular flexibility index (Phi) is 5.36. The fourth-order valence-electron chi connectivity index (χ4n) is 2.77. The van der Waals surface area contributed by atoms with Crippen LogP contribution < -0.4 is 9.80 Å². The van der Waals surface area contributed by atoms with E-state index >= 15 is 0 Å². The van der Waals surface area contributed by atoms with Gasteiger partial charge in [0.15, 0.2) is 10.8 Å². The maximum atomic E-state index is 13.2. The number of nitrogens with zero attached hydrogens (tertiary/aromatic N) is 3. The molecular weight excluding hydrogens is 367 g/mol. The molecule has 0 N–H and O–H groups in total. The van der Waals surface area contributed by atoms with E-state index in [0.717, 1.165) is 17.0 Å². The molecule has 1 aromatic heterocycles. The van der Waals surface area contributed by atoms with Crippen molar-refractivity contribution >= 4 is 28.1 Å². The Morgan fingerprint density at radius 2 is 1.77 bits per heavy atom. The number of para-hydroxylation sites is 1. The Hall–Kier alpha value is -2.29. The zero-order valence-corrected chi connectivity index (χ0v) is 14.9. The first-order valence-electron chi connectivity index (χ1n) is 8.20. The molecule has 1 fully saturated rings. The lowest BCUT2D eigenvalue weighted by molar-refractivity contribution is -0.141. The highest BCUT2D eigenvalue weighted by Gasteiger charge is 2.41. The molecule has 0 atom stereocenters. The van der Waals surface area contributed by atoms with E-state index < -0.39 is 22.7 Å². The van der Waals surface area contributed by atoms with Crippen molar-refractivity contribution in [3.05, 3.63) is 40.9 Å². The predicted octanol–water partition coefficient (Wildman–Crippen LogP) is 3.67. The highest BCUT2D eigenvalue weighted by atomic mass is 32.1. The zero-order chi connectivity index (χ0) is 18.7. The Labute approximate surface area is 153 Å². The first kappa shape index (κ1) is 18.5. The molecular formula is C17H18F3N3O2S. The first-order chi connectivity index (χ1) is 12.4. The number of hydrogen-bond acceptors (Lipinski definition) is 6. The molecule has 0 aliphatic carbocycles. The normalized spacial score (nSPS) is 15.2. The van der Waals surface area contributed by atoms with Crippen molar-refractivity contribution in [2.45, 2.75) is 13.1 Å². The fourth-order valence-corrected chi connectivity index (χ4v) is 3.80. The topological polar surface area (TPSA) is 45.7 Å². The first-order valence-corrected chi connectivity index (χ1v) is 9.02. The molecule has 140 valence electrons. The number of esters is 1. The summed E-state index contributed by atoms with van der Waals surface area (Å²) in [5.41, 5.74) is -0.0871. The van der Waals surface area contributed by atoms with Gasteiger partial charge in [0.25, 0.3) is 0 Å². The van der Waals surface area contributed by atoms with E-state index in [9.17, 15) is 18.0 Å². The van der Waals surface area contributed by atoms with Gasteiger partial charge >= 0.3 is 12.1 Å². The highest BCUT2D eigenvalue weighted by molar-refractivity contribution is 7.17. The van der Waals surface area contributed by atoms with Gasteiger partial charge < -0.3 is 14.5 Å². The van der Waals surface area contributed by atoms with Crippen LogP contribution in [0.4, 0.5) is 24.0 Å². The SMILES string of the molecule is CCOC(=O)c1sc(N2CCN(c3ccccc3)CC2)nc1C(F)(F)F. The maximum absolute atomic E-state index is 13.2. The maximum Gasteiger partial charge on any atom is 0.435 e. The minimum absolute atomic E-state index is 0.0130. The van der Waals surface area contributed by atoms with E-state index in [-0.39, 0.29) is 11.7 Å². The quantitative estimate of drug-likeness (QED) is 0.752. The van der Waals surface area contributed by atoms with E-state index in [2.05, 4.69) is 9.88 Å². The van der Waals surface area contributed by atoms with Crippen LogP contribution in [0.5, 0.6) is 0 Å². The average Bonchev–Trinajstić information content (AvgIpc) is 3.09. The standard InChI is InChI=1S/C17H18F3N3O2S/c1-2-25-15(24)13-14(17(18,19)20)21-16(26-13)23-10-8-22(9-11-23)12-6-4-3-5-7-12/h3-7H,2,8-11H2,1H3. The zero-order valence-electron chi connectivity index (χ0n) is 14.1. The number of benzene rings is 1. The summed E-state index contributed by atoms with van der Waals surface area (Å²) in [6.07, 6.45) is -4.69. The van der Waals surface area contributed by atoms with Gasteiger partial charge in [-0.2, -0.15) is 13.2 Å². The van der Waals surface area contributed by atoms with Crippen molar-refractivity contribution in [3.8, 4) is 0 Å². The van der Waals surface area contributed by atoms with E-state index in [1.165, 1.54) is 0 Å². The molecule has 1 aliphatic heterocycles. The number of piperazine rings is 1. The summed E-state index contributed by atoms with van der Waals surface area (Å²) in [7, 11) is 0. The minimum Gasteiger partial charge on any atom is -0.462 e. The van der Waals surface area contributed by atoms with Gasteiger partial charge in [-0.05, 0) is 19.1 Å². The van der Waals surface area contributed by atoms with Crippen LogP contribution in [0, 0.1) is 0 Å². The summed E-state index contributed by atoms with van der Waals surface area (Å²) in [5, 5.41) is 0.202. The molecule has 2 aromatic rings. The van der Waals surface area contributed by atoms with Gasteiger partial charge in [0.2, 0.25) is 0 Å². The second kappa shape index (κ2) is 7.53. The predicted molar refractivity (Wildman–Crippen MR) is 93.9 cm³/mol. The lowest BCUT2D eigenvalue weighted by atomic mass is 10.2. The second-order valence-electron chi connectivity index (χ2n) is 5.70. The molecule has 0 bridgehead atoms. The summed E-state index contributed by atoms with van der Waals surface area (Å²) < 4.78 is 44.4. The van der Waals surface area contributed by atoms with Gasteiger partial charge in [0.05, 0.1) is 6.61 Å². The molecule has 2 heterocycles.